The van der Waals surface area contributed by atoms with Crippen LogP contribution < -0.4 is 5.32 Å². The number of furan rings is 1. The number of fused-ring (bicyclic) bond motifs is 1. The monoisotopic (exact) mass is 259 g/mol. The molecule has 102 valence electrons. The van der Waals surface area contributed by atoms with E-state index in [2.05, 4.69) is 5.32 Å². The van der Waals surface area contributed by atoms with Gasteiger partial charge < -0.3 is 14.8 Å². The molecule has 0 spiro atoms. The lowest BCUT2D eigenvalue weighted by Gasteiger charge is -2.34. The van der Waals surface area contributed by atoms with E-state index in [1.165, 1.54) is 0 Å². The second-order valence-electron chi connectivity index (χ2n) is 5.79. The molecule has 2 unspecified atom stereocenters. The summed E-state index contributed by atoms with van der Waals surface area (Å²) in [6.45, 7) is 5.80. The van der Waals surface area contributed by atoms with E-state index in [0.29, 0.717) is 5.76 Å². The topological polar surface area (TPSA) is 45.4 Å². The Balaban J connectivity index is 2.00. The average molecular weight is 259 g/mol. The molecule has 0 aliphatic carbocycles. The smallest absolute Gasteiger partial charge is 0.137 e. The molecule has 1 saturated heterocycles. The SMILES string of the molecule is Cc1cccc2cc(C(C)(O)C3CCCNC3)oc12. The van der Waals surface area contributed by atoms with Crippen molar-refractivity contribution in [3.63, 3.8) is 0 Å². The molecule has 3 heteroatoms. The summed E-state index contributed by atoms with van der Waals surface area (Å²) in [4.78, 5) is 0. The zero-order valence-corrected chi connectivity index (χ0v) is 11.6. The summed E-state index contributed by atoms with van der Waals surface area (Å²) in [5.41, 5.74) is 1.10. The minimum Gasteiger partial charge on any atom is -0.458 e. The highest BCUT2D eigenvalue weighted by Gasteiger charge is 2.37. The molecule has 2 aromatic rings. The maximum atomic E-state index is 10.9. The van der Waals surface area contributed by atoms with Crippen molar-refractivity contribution in [1.29, 1.82) is 0 Å². The molecule has 3 rings (SSSR count). The molecule has 3 nitrogen and oxygen atoms in total. The third-order valence-electron chi connectivity index (χ3n) is 4.33. The Kier molecular flexibility index (Phi) is 3.11. The molecule has 1 fully saturated rings. The third kappa shape index (κ3) is 2.17. The van der Waals surface area contributed by atoms with Crippen LogP contribution in [0.5, 0.6) is 0 Å². The van der Waals surface area contributed by atoms with Gasteiger partial charge in [-0.25, -0.2) is 0 Å². The van der Waals surface area contributed by atoms with Crippen molar-refractivity contribution in [3.05, 3.63) is 35.6 Å². The molecule has 1 aromatic carbocycles. The Labute approximate surface area is 113 Å². The molecule has 1 aliphatic rings. The van der Waals surface area contributed by atoms with Gasteiger partial charge >= 0.3 is 0 Å². The number of para-hydroxylation sites is 1. The zero-order valence-electron chi connectivity index (χ0n) is 11.6. The molecule has 2 heterocycles. The summed E-state index contributed by atoms with van der Waals surface area (Å²) in [6.07, 6.45) is 2.15. The van der Waals surface area contributed by atoms with Crippen molar-refractivity contribution in [1.82, 2.24) is 5.32 Å². The number of aryl methyl sites for hydroxylation is 1. The number of nitrogens with one attached hydrogen (secondary N) is 1. The highest BCUT2D eigenvalue weighted by atomic mass is 16.4. The lowest BCUT2D eigenvalue weighted by atomic mass is 9.82. The van der Waals surface area contributed by atoms with Crippen LogP contribution in [0.2, 0.25) is 0 Å². The van der Waals surface area contributed by atoms with Crippen LogP contribution in [0.25, 0.3) is 11.0 Å². The van der Waals surface area contributed by atoms with Crippen LogP contribution in [0.1, 0.15) is 31.1 Å². The van der Waals surface area contributed by atoms with Crippen LogP contribution in [0.4, 0.5) is 0 Å². The van der Waals surface area contributed by atoms with Crippen molar-refractivity contribution in [2.45, 2.75) is 32.3 Å². The van der Waals surface area contributed by atoms with Crippen LogP contribution in [0.3, 0.4) is 0 Å². The van der Waals surface area contributed by atoms with E-state index in [1.807, 2.05) is 38.1 Å². The predicted molar refractivity (Wildman–Crippen MR) is 76.1 cm³/mol. The van der Waals surface area contributed by atoms with Gasteiger partial charge in [0.2, 0.25) is 0 Å². The van der Waals surface area contributed by atoms with Gasteiger partial charge in [-0.1, -0.05) is 18.2 Å². The van der Waals surface area contributed by atoms with E-state index < -0.39 is 5.60 Å². The molecule has 0 bridgehead atoms. The number of hydrogen-bond acceptors (Lipinski definition) is 3. The quantitative estimate of drug-likeness (QED) is 0.871. The first-order valence-corrected chi connectivity index (χ1v) is 7.02. The van der Waals surface area contributed by atoms with Crippen LogP contribution >= 0.6 is 0 Å². The van der Waals surface area contributed by atoms with Gasteiger partial charge in [-0.05, 0) is 44.9 Å². The summed E-state index contributed by atoms with van der Waals surface area (Å²) >= 11 is 0. The molecule has 1 aliphatic heterocycles. The Morgan fingerprint density at radius 1 is 1.42 bits per heavy atom. The third-order valence-corrected chi connectivity index (χ3v) is 4.33. The van der Waals surface area contributed by atoms with E-state index in [0.717, 1.165) is 42.5 Å². The number of rotatable bonds is 2. The predicted octanol–water partition coefficient (Wildman–Crippen LogP) is 2.95. The highest BCUT2D eigenvalue weighted by molar-refractivity contribution is 5.81. The van der Waals surface area contributed by atoms with E-state index >= 15 is 0 Å². The maximum Gasteiger partial charge on any atom is 0.137 e. The summed E-state index contributed by atoms with van der Waals surface area (Å²) < 4.78 is 5.94. The standard InChI is InChI=1S/C16H21NO2/c1-11-5-3-6-12-9-14(19-15(11)12)16(2,18)13-7-4-8-17-10-13/h3,5-6,9,13,17-18H,4,7-8,10H2,1-2H3. The fourth-order valence-electron chi connectivity index (χ4n) is 2.99. The van der Waals surface area contributed by atoms with Gasteiger partial charge in [-0.15, -0.1) is 0 Å². The van der Waals surface area contributed by atoms with Gasteiger partial charge in [-0.3, -0.25) is 0 Å². The van der Waals surface area contributed by atoms with Gasteiger partial charge in [0, 0.05) is 17.8 Å². The summed E-state index contributed by atoms with van der Waals surface area (Å²) in [6, 6.07) is 8.07. The van der Waals surface area contributed by atoms with E-state index in [1.54, 1.807) is 0 Å². The largest absolute Gasteiger partial charge is 0.458 e. The van der Waals surface area contributed by atoms with Gasteiger partial charge in [0.25, 0.3) is 0 Å². The molecular formula is C16H21NO2. The van der Waals surface area contributed by atoms with Crippen molar-refractivity contribution < 1.29 is 9.52 Å². The van der Waals surface area contributed by atoms with Crippen molar-refractivity contribution in [2.75, 3.05) is 13.1 Å². The summed E-state index contributed by atoms with van der Waals surface area (Å²) in [5, 5.41) is 15.3. The fraction of sp³-hybridized carbons (Fsp3) is 0.500. The average Bonchev–Trinajstić information content (AvgIpc) is 2.86. The van der Waals surface area contributed by atoms with E-state index in [-0.39, 0.29) is 5.92 Å². The van der Waals surface area contributed by atoms with Crippen LogP contribution in [-0.4, -0.2) is 18.2 Å². The highest BCUT2D eigenvalue weighted by Crippen LogP contribution is 2.37. The lowest BCUT2D eigenvalue weighted by molar-refractivity contribution is -0.0324. The summed E-state index contributed by atoms with van der Waals surface area (Å²) in [7, 11) is 0. The fourth-order valence-corrected chi connectivity index (χ4v) is 2.99. The summed E-state index contributed by atoms with van der Waals surface area (Å²) in [5.74, 6) is 0.896. The maximum absolute atomic E-state index is 10.9. The van der Waals surface area contributed by atoms with Crippen LogP contribution in [0, 0.1) is 12.8 Å². The van der Waals surface area contributed by atoms with Crippen molar-refractivity contribution >= 4 is 11.0 Å². The van der Waals surface area contributed by atoms with Gasteiger partial charge in [0.05, 0.1) is 0 Å². The van der Waals surface area contributed by atoms with Gasteiger partial charge in [0.1, 0.15) is 16.9 Å². The molecule has 2 atom stereocenters. The Morgan fingerprint density at radius 2 is 2.26 bits per heavy atom. The number of aliphatic hydroxyl groups is 1. The molecule has 1 aromatic heterocycles. The first kappa shape index (κ1) is 12.7. The Hall–Kier alpha value is -1.32. The molecule has 0 amide bonds. The molecule has 2 N–H and O–H groups in total. The number of hydrogen-bond donors (Lipinski definition) is 2. The molecule has 0 radical (unpaired) electrons. The van der Waals surface area contributed by atoms with Crippen LogP contribution in [-0.2, 0) is 5.60 Å². The van der Waals surface area contributed by atoms with E-state index in [4.69, 9.17) is 4.42 Å². The normalized spacial score (nSPS) is 23.4. The molecular weight excluding hydrogens is 238 g/mol. The van der Waals surface area contributed by atoms with E-state index in [9.17, 15) is 5.11 Å². The lowest BCUT2D eigenvalue weighted by Crippen LogP contribution is -2.42. The second kappa shape index (κ2) is 4.66. The Bertz CT molecular complexity index is 579. The Morgan fingerprint density at radius 3 is 2.95 bits per heavy atom. The number of benzene rings is 1. The van der Waals surface area contributed by atoms with Gasteiger partial charge in [0.15, 0.2) is 0 Å². The minimum absolute atomic E-state index is 0.210. The van der Waals surface area contributed by atoms with Crippen LogP contribution in [0.15, 0.2) is 28.7 Å². The molecule has 0 saturated carbocycles. The van der Waals surface area contributed by atoms with Crippen molar-refractivity contribution in [3.8, 4) is 0 Å². The zero-order chi connectivity index (χ0) is 13.5. The van der Waals surface area contributed by atoms with Gasteiger partial charge in [-0.2, -0.15) is 0 Å². The van der Waals surface area contributed by atoms with Crippen molar-refractivity contribution in [2.24, 2.45) is 5.92 Å². The first-order chi connectivity index (χ1) is 9.09. The minimum atomic E-state index is -0.904. The second-order valence-corrected chi connectivity index (χ2v) is 5.79. The molecule has 19 heavy (non-hydrogen) atoms. The first-order valence-electron chi connectivity index (χ1n) is 7.02. The number of piperidine rings is 1.